The maximum absolute atomic E-state index is 12.5. The molecule has 0 spiro atoms. The number of aryl methyl sites for hydroxylation is 3. The molecule has 7 heteroatoms. The van der Waals surface area contributed by atoms with Crippen LogP contribution in [0.25, 0.3) is 0 Å². The first kappa shape index (κ1) is 16.7. The topological polar surface area (TPSA) is 87.9 Å². The Hall–Kier alpha value is -2.18. The van der Waals surface area contributed by atoms with Crippen molar-refractivity contribution in [1.82, 2.24) is 25.2 Å². The number of amides is 1. The van der Waals surface area contributed by atoms with Gasteiger partial charge < -0.3 is 9.42 Å². The summed E-state index contributed by atoms with van der Waals surface area (Å²) in [6, 6.07) is 0. The van der Waals surface area contributed by atoms with Crippen molar-refractivity contribution >= 4 is 5.91 Å². The van der Waals surface area contributed by atoms with Crippen LogP contribution in [-0.2, 0) is 24.1 Å². The van der Waals surface area contributed by atoms with Crippen molar-refractivity contribution in [1.29, 1.82) is 0 Å². The predicted molar refractivity (Wildman–Crippen MR) is 88.4 cm³/mol. The molecule has 130 valence electrons. The molecule has 7 nitrogen and oxygen atoms in total. The van der Waals surface area contributed by atoms with Crippen LogP contribution < -0.4 is 0 Å². The van der Waals surface area contributed by atoms with Crippen molar-refractivity contribution in [2.45, 2.75) is 52.9 Å². The summed E-state index contributed by atoms with van der Waals surface area (Å²) in [6.07, 6.45) is 4.17. The van der Waals surface area contributed by atoms with Gasteiger partial charge in [-0.15, -0.1) is 0 Å². The number of carbonyl (C=O) groups excluding carboxylic acids is 1. The number of piperidine rings is 1. The van der Waals surface area contributed by atoms with Crippen LogP contribution in [0.4, 0.5) is 0 Å². The lowest BCUT2D eigenvalue weighted by Gasteiger charge is -2.31. The van der Waals surface area contributed by atoms with Gasteiger partial charge in [0.25, 0.3) is 0 Å². The first-order valence-electron chi connectivity index (χ1n) is 8.66. The molecule has 2 aromatic rings. The van der Waals surface area contributed by atoms with Crippen LogP contribution in [0.3, 0.4) is 0 Å². The van der Waals surface area contributed by atoms with Crippen LogP contribution in [0.2, 0.25) is 0 Å². The normalized spacial score (nSPS) is 15.9. The van der Waals surface area contributed by atoms with Gasteiger partial charge in [-0.05, 0) is 32.6 Å². The van der Waals surface area contributed by atoms with Gasteiger partial charge in [0.2, 0.25) is 5.91 Å². The Morgan fingerprint density at radius 2 is 2.08 bits per heavy atom. The minimum Gasteiger partial charge on any atom is -0.361 e. The fourth-order valence-corrected chi connectivity index (χ4v) is 3.26. The zero-order valence-electron chi connectivity index (χ0n) is 14.6. The smallest absolute Gasteiger partial charge is 0.227 e. The molecule has 3 rings (SSSR count). The number of aromatic nitrogens is 4. The molecular formula is C17H25N5O2. The Morgan fingerprint density at radius 3 is 2.67 bits per heavy atom. The second kappa shape index (κ2) is 7.15. The summed E-state index contributed by atoms with van der Waals surface area (Å²) in [4.78, 5) is 18.9. The fraction of sp³-hybridized carbons (Fsp3) is 0.647. The number of H-pyrrole nitrogens is 1. The van der Waals surface area contributed by atoms with Crippen LogP contribution in [0, 0.1) is 19.8 Å². The van der Waals surface area contributed by atoms with Crippen LogP contribution in [0.15, 0.2) is 4.52 Å². The number of carbonyl (C=O) groups is 1. The van der Waals surface area contributed by atoms with E-state index in [2.05, 4.69) is 27.3 Å². The van der Waals surface area contributed by atoms with E-state index < -0.39 is 0 Å². The lowest BCUT2D eigenvalue weighted by atomic mass is 9.93. The van der Waals surface area contributed by atoms with E-state index >= 15 is 0 Å². The van der Waals surface area contributed by atoms with Gasteiger partial charge in [-0.1, -0.05) is 12.1 Å². The van der Waals surface area contributed by atoms with Crippen LogP contribution in [-0.4, -0.2) is 44.2 Å². The number of aromatic amines is 1. The zero-order valence-corrected chi connectivity index (χ0v) is 14.6. The standard InChI is InChI=1S/C17H25N5O2/c1-4-15-18-16(20-19-15)9-13-5-7-22(8-6-13)17(23)10-14-11(2)21-24-12(14)3/h13H,4-10H2,1-3H3,(H,18,19,20). The predicted octanol–water partition coefficient (Wildman–Crippen LogP) is 2.00. The molecule has 0 aromatic carbocycles. The average Bonchev–Trinajstić information content (AvgIpc) is 3.17. The minimum absolute atomic E-state index is 0.163. The van der Waals surface area contributed by atoms with E-state index in [-0.39, 0.29) is 5.91 Å². The molecule has 0 saturated carbocycles. The van der Waals surface area contributed by atoms with Crippen molar-refractivity contribution in [3.8, 4) is 0 Å². The molecule has 1 aliphatic rings. The van der Waals surface area contributed by atoms with Crippen LogP contribution >= 0.6 is 0 Å². The summed E-state index contributed by atoms with van der Waals surface area (Å²) in [5.41, 5.74) is 1.74. The van der Waals surface area contributed by atoms with Crippen LogP contribution in [0.5, 0.6) is 0 Å². The second-order valence-electron chi connectivity index (χ2n) is 6.56. The summed E-state index contributed by atoms with van der Waals surface area (Å²) in [5.74, 6) is 3.30. The monoisotopic (exact) mass is 331 g/mol. The molecule has 0 radical (unpaired) electrons. The number of hydrogen-bond donors (Lipinski definition) is 1. The first-order chi connectivity index (χ1) is 11.6. The lowest BCUT2D eigenvalue weighted by molar-refractivity contribution is -0.131. The number of nitrogens with one attached hydrogen (secondary N) is 1. The molecule has 0 atom stereocenters. The molecule has 1 N–H and O–H groups in total. The van der Waals surface area contributed by atoms with E-state index in [4.69, 9.17) is 4.52 Å². The van der Waals surface area contributed by atoms with Gasteiger partial charge in [0, 0.05) is 31.5 Å². The Bertz CT molecular complexity index is 678. The quantitative estimate of drug-likeness (QED) is 0.905. The van der Waals surface area contributed by atoms with Crippen molar-refractivity contribution < 1.29 is 9.32 Å². The summed E-state index contributed by atoms with van der Waals surface area (Å²) >= 11 is 0. The molecule has 1 amide bonds. The fourth-order valence-electron chi connectivity index (χ4n) is 3.26. The molecule has 3 heterocycles. The maximum atomic E-state index is 12.5. The third-order valence-electron chi connectivity index (χ3n) is 4.85. The van der Waals surface area contributed by atoms with E-state index in [0.717, 1.165) is 67.4 Å². The van der Waals surface area contributed by atoms with Gasteiger partial charge in [0.05, 0.1) is 12.1 Å². The molecule has 0 bridgehead atoms. The van der Waals surface area contributed by atoms with Gasteiger partial charge >= 0.3 is 0 Å². The minimum atomic E-state index is 0.163. The number of hydrogen-bond acceptors (Lipinski definition) is 5. The second-order valence-corrected chi connectivity index (χ2v) is 6.56. The Balaban J connectivity index is 1.50. The lowest BCUT2D eigenvalue weighted by Crippen LogP contribution is -2.39. The molecule has 1 saturated heterocycles. The van der Waals surface area contributed by atoms with E-state index in [1.807, 2.05) is 18.7 Å². The third kappa shape index (κ3) is 3.66. The molecule has 24 heavy (non-hydrogen) atoms. The van der Waals surface area contributed by atoms with E-state index in [9.17, 15) is 4.79 Å². The third-order valence-corrected chi connectivity index (χ3v) is 4.85. The van der Waals surface area contributed by atoms with E-state index in [1.54, 1.807) is 0 Å². The number of rotatable bonds is 5. The number of likely N-dealkylation sites (tertiary alicyclic amines) is 1. The first-order valence-corrected chi connectivity index (χ1v) is 8.66. The van der Waals surface area contributed by atoms with Crippen LogP contribution in [0.1, 0.15) is 48.4 Å². The summed E-state index contributed by atoms with van der Waals surface area (Å²) in [6.45, 7) is 7.41. The Morgan fingerprint density at radius 1 is 1.33 bits per heavy atom. The van der Waals surface area contributed by atoms with E-state index in [0.29, 0.717) is 12.3 Å². The van der Waals surface area contributed by atoms with Gasteiger partial charge in [0.1, 0.15) is 17.4 Å². The highest BCUT2D eigenvalue weighted by molar-refractivity contribution is 5.79. The molecule has 1 aliphatic heterocycles. The Labute approximate surface area is 141 Å². The highest BCUT2D eigenvalue weighted by Crippen LogP contribution is 2.22. The van der Waals surface area contributed by atoms with Gasteiger partial charge in [-0.25, -0.2) is 4.98 Å². The average molecular weight is 331 g/mol. The highest BCUT2D eigenvalue weighted by atomic mass is 16.5. The van der Waals surface area contributed by atoms with Crippen molar-refractivity contribution in [3.63, 3.8) is 0 Å². The number of nitrogens with zero attached hydrogens (tertiary/aromatic N) is 4. The highest BCUT2D eigenvalue weighted by Gasteiger charge is 2.25. The molecule has 1 fully saturated rings. The largest absolute Gasteiger partial charge is 0.361 e. The SMILES string of the molecule is CCc1n[nH]c(CC2CCN(C(=O)Cc3c(C)noc3C)CC2)n1. The molecular weight excluding hydrogens is 306 g/mol. The molecule has 2 aromatic heterocycles. The summed E-state index contributed by atoms with van der Waals surface area (Å²) < 4.78 is 5.14. The van der Waals surface area contributed by atoms with Gasteiger partial charge in [-0.3, -0.25) is 9.89 Å². The maximum Gasteiger partial charge on any atom is 0.227 e. The molecule has 0 aliphatic carbocycles. The van der Waals surface area contributed by atoms with E-state index in [1.165, 1.54) is 0 Å². The van der Waals surface area contributed by atoms with Crippen molar-refractivity contribution in [3.05, 3.63) is 28.7 Å². The van der Waals surface area contributed by atoms with Gasteiger partial charge in [-0.2, -0.15) is 5.10 Å². The van der Waals surface area contributed by atoms with Crippen molar-refractivity contribution in [2.24, 2.45) is 5.92 Å². The summed E-state index contributed by atoms with van der Waals surface area (Å²) in [5, 5.41) is 11.1. The van der Waals surface area contributed by atoms with Crippen molar-refractivity contribution in [2.75, 3.05) is 13.1 Å². The zero-order chi connectivity index (χ0) is 17.1. The Kier molecular flexibility index (Phi) is 4.97. The van der Waals surface area contributed by atoms with Gasteiger partial charge in [0.15, 0.2) is 0 Å². The molecule has 0 unspecified atom stereocenters. The summed E-state index contributed by atoms with van der Waals surface area (Å²) in [7, 11) is 0.